The Morgan fingerprint density at radius 3 is 2.52 bits per heavy atom. The van der Waals surface area contributed by atoms with E-state index in [1.807, 2.05) is 0 Å². The molecular formula is C15H14ClFN2O2. The summed E-state index contributed by atoms with van der Waals surface area (Å²) in [6, 6.07) is 4.85. The van der Waals surface area contributed by atoms with Gasteiger partial charge in [0.05, 0.1) is 10.6 Å². The van der Waals surface area contributed by atoms with Crippen molar-refractivity contribution in [1.82, 2.24) is 4.98 Å². The molecule has 0 aliphatic rings. The third kappa shape index (κ3) is 3.49. The minimum absolute atomic E-state index is 0.0133. The number of hydrogen-bond acceptors (Lipinski definition) is 3. The summed E-state index contributed by atoms with van der Waals surface area (Å²) in [5.41, 5.74) is 2.02. The molecule has 0 bridgehead atoms. The number of aromatic carboxylic acids is 1. The van der Waals surface area contributed by atoms with Gasteiger partial charge in [0.2, 0.25) is 0 Å². The number of nitrogens with zero attached hydrogens (tertiary/aromatic N) is 1. The van der Waals surface area contributed by atoms with Crippen LogP contribution in [0, 0.1) is 19.7 Å². The van der Waals surface area contributed by atoms with E-state index in [1.165, 1.54) is 12.3 Å². The molecule has 0 unspecified atom stereocenters. The summed E-state index contributed by atoms with van der Waals surface area (Å²) in [7, 11) is 0. The molecule has 0 aliphatic heterocycles. The lowest BCUT2D eigenvalue weighted by molar-refractivity contribution is 0.0697. The first-order chi connectivity index (χ1) is 9.88. The molecule has 2 rings (SSSR count). The van der Waals surface area contributed by atoms with Crippen molar-refractivity contribution in [2.75, 3.05) is 5.32 Å². The van der Waals surface area contributed by atoms with Crippen LogP contribution in [0.15, 0.2) is 24.4 Å². The van der Waals surface area contributed by atoms with E-state index in [0.717, 1.165) is 5.56 Å². The molecule has 21 heavy (non-hydrogen) atoms. The van der Waals surface area contributed by atoms with Crippen LogP contribution in [0.4, 0.5) is 10.2 Å². The SMILES string of the molecule is Cc1cc(CNc2cc(C(=O)O)c(Cl)cn2)cc(C)c1F. The number of carboxylic acid groups (broad SMARTS) is 1. The molecule has 0 atom stereocenters. The molecule has 0 spiro atoms. The normalized spacial score (nSPS) is 10.5. The van der Waals surface area contributed by atoms with Crippen LogP contribution in [0.2, 0.25) is 5.02 Å². The van der Waals surface area contributed by atoms with Crippen molar-refractivity contribution < 1.29 is 14.3 Å². The molecule has 6 heteroatoms. The van der Waals surface area contributed by atoms with Gasteiger partial charge in [0, 0.05) is 12.7 Å². The quantitative estimate of drug-likeness (QED) is 0.902. The number of anilines is 1. The van der Waals surface area contributed by atoms with E-state index in [0.29, 0.717) is 23.5 Å². The first-order valence-electron chi connectivity index (χ1n) is 6.27. The van der Waals surface area contributed by atoms with Crippen molar-refractivity contribution >= 4 is 23.4 Å². The summed E-state index contributed by atoms with van der Waals surface area (Å²) in [5.74, 6) is -0.924. The maximum atomic E-state index is 13.5. The van der Waals surface area contributed by atoms with E-state index in [2.05, 4.69) is 10.3 Å². The van der Waals surface area contributed by atoms with Gasteiger partial charge >= 0.3 is 5.97 Å². The summed E-state index contributed by atoms with van der Waals surface area (Å²) in [6.45, 7) is 3.82. The summed E-state index contributed by atoms with van der Waals surface area (Å²) in [5, 5.41) is 12.1. The van der Waals surface area contributed by atoms with E-state index in [4.69, 9.17) is 16.7 Å². The Hall–Kier alpha value is -2.14. The number of aryl methyl sites for hydroxylation is 2. The van der Waals surface area contributed by atoms with E-state index in [1.54, 1.807) is 26.0 Å². The lowest BCUT2D eigenvalue weighted by Gasteiger charge is -2.10. The molecule has 1 aromatic heterocycles. The molecule has 110 valence electrons. The summed E-state index contributed by atoms with van der Waals surface area (Å²) < 4.78 is 13.5. The zero-order valence-electron chi connectivity index (χ0n) is 11.6. The van der Waals surface area contributed by atoms with Gasteiger partial charge < -0.3 is 10.4 Å². The van der Waals surface area contributed by atoms with E-state index in [9.17, 15) is 9.18 Å². The van der Waals surface area contributed by atoms with Gasteiger partial charge in [0.25, 0.3) is 0 Å². The Bertz CT molecular complexity index is 681. The van der Waals surface area contributed by atoms with Crippen LogP contribution >= 0.6 is 11.6 Å². The van der Waals surface area contributed by atoms with E-state index < -0.39 is 5.97 Å². The molecule has 0 aliphatic carbocycles. The fourth-order valence-corrected chi connectivity index (χ4v) is 2.21. The fourth-order valence-electron chi connectivity index (χ4n) is 2.03. The molecule has 0 saturated carbocycles. The molecule has 0 saturated heterocycles. The van der Waals surface area contributed by atoms with Crippen molar-refractivity contribution in [1.29, 1.82) is 0 Å². The van der Waals surface area contributed by atoms with Crippen molar-refractivity contribution in [2.24, 2.45) is 0 Å². The third-order valence-electron chi connectivity index (χ3n) is 3.06. The highest BCUT2D eigenvalue weighted by Crippen LogP contribution is 2.19. The minimum atomic E-state index is -1.11. The molecule has 0 fully saturated rings. The number of carboxylic acids is 1. The molecular weight excluding hydrogens is 295 g/mol. The van der Waals surface area contributed by atoms with Crippen LogP contribution in [-0.4, -0.2) is 16.1 Å². The number of carbonyl (C=O) groups is 1. The number of pyridine rings is 1. The second-order valence-electron chi connectivity index (χ2n) is 4.75. The second kappa shape index (κ2) is 6.10. The Labute approximate surface area is 126 Å². The van der Waals surface area contributed by atoms with Crippen LogP contribution in [-0.2, 0) is 6.54 Å². The van der Waals surface area contributed by atoms with Gasteiger partial charge in [-0.25, -0.2) is 14.2 Å². The number of nitrogens with one attached hydrogen (secondary N) is 1. The maximum absolute atomic E-state index is 13.5. The highest BCUT2D eigenvalue weighted by atomic mass is 35.5. The maximum Gasteiger partial charge on any atom is 0.337 e. The van der Waals surface area contributed by atoms with Gasteiger partial charge in [-0.3, -0.25) is 0 Å². The van der Waals surface area contributed by atoms with Crippen molar-refractivity contribution in [2.45, 2.75) is 20.4 Å². The first kappa shape index (κ1) is 15.3. The van der Waals surface area contributed by atoms with Crippen molar-refractivity contribution in [3.63, 3.8) is 0 Å². The third-order valence-corrected chi connectivity index (χ3v) is 3.36. The Morgan fingerprint density at radius 1 is 1.33 bits per heavy atom. The number of rotatable bonds is 4. The first-order valence-corrected chi connectivity index (χ1v) is 6.64. The summed E-state index contributed by atoms with van der Waals surface area (Å²) in [4.78, 5) is 15.0. The Balaban J connectivity index is 2.17. The number of aromatic nitrogens is 1. The van der Waals surface area contributed by atoms with Gasteiger partial charge in [-0.05, 0) is 36.6 Å². The van der Waals surface area contributed by atoms with Crippen molar-refractivity contribution in [3.05, 3.63) is 57.5 Å². The zero-order valence-corrected chi connectivity index (χ0v) is 12.3. The number of halogens is 2. The van der Waals surface area contributed by atoms with Crippen LogP contribution in [0.5, 0.6) is 0 Å². The molecule has 1 heterocycles. The van der Waals surface area contributed by atoms with Gasteiger partial charge in [-0.15, -0.1) is 0 Å². The van der Waals surface area contributed by atoms with Gasteiger partial charge in [0.15, 0.2) is 0 Å². The number of benzene rings is 1. The average molecular weight is 309 g/mol. The monoisotopic (exact) mass is 308 g/mol. The van der Waals surface area contributed by atoms with Crippen LogP contribution < -0.4 is 5.32 Å². The van der Waals surface area contributed by atoms with E-state index >= 15 is 0 Å². The summed E-state index contributed by atoms with van der Waals surface area (Å²) in [6.07, 6.45) is 1.29. The van der Waals surface area contributed by atoms with E-state index in [-0.39, 0.29) is 16.4 Å². The molecule has 0 amide bonds. The average Bonchev–Trinajstić information content (AvgIpc) is 2.43. The summed E-state index contributed by atoms with van der Waals surface area (Å²) >= 11 is 5.75. The highest BCUT2D eigenvalue weighted by molar-refractivity contribution is 6.33. The molecule has 4 nitrogen and oxygen atoms in total. The number of hydrogen-bond donors (Lipinski definition) is 2. The standard InChI is InChI=1S/C15H14ClFN2O2/c1-8-3-10(4-9(2)14(8)17)6-18-13-5-11(15(20)21)12(16)7-19-13/h3-5,7H,6H2,1-2H3,(H,18,19)(H,20,21). The molecule has 0 radical (unpaired) electrons. The predicted molar refractivity (Wildman–Crippen MR) is 79.4 cm³/mol. The zero-order chi connectivity index (χ0) is 15.6. The van der Waals surface area contributed by atoms with Gasteiger partial charge in [-0.1, -0.05) is 23.7 Å². The lowest BCUT2D eigenvalue weighted by Crippen LogP contribution is -2.05. The minimum Gasteiger partial charge on any atom is -0.478 e. The molecule has 1 aromatic carbocycles. The topological polar surface area (TPSA) is 62.2 Å². The molecule has 2 aromatic rings. The highest BCUT2D eigenvalue weighted by Gasteiger charge is 2.10. The smallest absolute Gasteiger partial charge is 0.337 e. The van der Waals surface area contributed by atoms with Crippen LogP contribution in [0.3, 0.4) is 0 Å². The largest absolute Gasteiger partial charge is 0.478 e. The van der Waals surface area contributed by atoms with Crippen LogP contribution in [0.25, 0.3) is 0 Å². The molecule has 2 N–H and O–H groups in total. The Morgan fingerprint density at radius 2 is 1.95 bits per heavy atom. The predicted octanol–water partition coefficient (Wildman–Crippen LogP) is 3.80. The van der Waals surface area contributed by atoms with Crippen molar-refractivity contribution in [3.8, 4) is 0 Å². The fraction of sp³-hybridized carbons (Fsp3) is 0.200. The van der Waals surface area contributed by atoms with Crippen LogP contribution in [0.1, 0.15) is 27.0 Å². The Kier molecular flexibility index (Phi) is 4.43. The van der Waals surface area contributed by atoms with Gasteiger partial charge in [0.1, 0.15) is 11.6 Å². The second-order valence-corrected chi connectivity index (χ2v) is 5.16. The van der Waals surface area contributed by atoms with Gasteiger partial charge in [-0.2, -0.15) is 0 Å². The lowest BCUT2D eigenvalue weighted by atomic mass is 10.1.